The van der Waals surface area contributed by atoms with E-state index in [1.807, 2.05) is 0 Å². The van der Waals surface area contributed by atoms with Crippen molar-refractivity contribution in [1.29, 1.82) is 0 Å². The summed E-state index contributed by atoms with van der Waals surface area (Å²) < 4.78 is 40.8. The Labute approximate surface area is 126 Å². The highest BCUT2D eigenvalue weighted by atomic mass is 32.2. The summed E-state index contributed by atoms with van der Waals surface area (Å²) in [6.07, 6.45) is 0. The van der Waals surface area contributed by atoms with Crippen molar-refractivity contribution in [1.82, 2.24) is 4.72 Å². The minimum absolute atomic E-state index is 0.0904. The summed E-state index contributed by atoms with van der Waals surface area (Å²) in [7, 11) is -3.75. The van der Waals surface area contributed by atoms with Crippen LogP contribution in [0.15, 0.2) is 17.0 Å². The van der Waals surface area contributed by atoms with E-state index < -0.39 is 15.8 Å². The van der Waals surface area contributed by atoms with E-state index in [1.54, 1.807) is 0 Å². The predicted octanol–water partition coefficient (Wildman–Crippen LogP) is 2.68. The third-order valence-electron chi connectivity index (χ3n) is 5.47. The molecule has 3 N–H and O–H groups in total. The predicted molar refractivity (Wildman–Crippen MR) is 81.8 cm³/mol. The highest BCUT2D eigenvalue weighted by molar-refractivity contribution is 7.89. The molecule has 0 bridgehead atoms. The highest BCUT2D eigenvalue weighted by Gasteiger charge is 2.64. The molecular formula is C15H23FN2O2S. The van der Waals surface area contributed by atoms with Crippen LogP contribution in [0.4, 0.5) is 10.1 Å². The van der Waals surface area contributed by atoms with Gasteiger partial charge in [-0.15, -0.1) is 0 Å². The van der Waals surface area contributed by atoms with Crippen molar-refractivity contribution < 1.29 is 12.8 Å². The van der Waals surface area contributed by atoms with Crippen molar-refractivity contribution in [2.24, 2.45) is 16.7 Å². The van der Waals surface area contributed by atoms with Crippen molar-refractivity contribution in [3.63, 3.8) is 0 Å². The Kier molecular flexibility index (Phi) is 3.62. The fourth-order valence-corrected chi connectivity index (χ4v) is 4.04. The smallest absolute Gasteiger partial charge is 0.240 e. The summed E-state index contributed by atoms with van der Waals surface area (Å²) in [6.45, 7) is 10.3. The molecule has 2 rings (SSSR count). The second kappa shape index (κ2) is 4.68. The molecule has 1 aliphatic rings. The molecule has 1 aromatic carbocycles. The molecule has 118 valence electrons. The van der Waals surface area contributed by atoms with Crippen molar-refractivity contribution >= 4 is 15.7 Å². The van der Waals surface area contributed by atoms with Crippen molar-refractivity contribution in [2.75, 3.05) is 12.3 Å². The van der Waals surface area contributed by atoms with Crippen LogP contribution < -0.4 is 10.5 Å². The van der Waals surface area contributed by atoms with Crippen molar-refractivity contribution in [2.45, 2.75) is 39.5 Å². The Morgan fingerprint density at radius 2 is 1.76 bits per heavy atom. The van der Waals surface area contributed by atoms with Crippen LogP contribution in [0.2, 0.25) is 0 Å². The Bertz CT molecular complexity index is 644. The molecule has 21 heavy (non-hydrogen) atoms. The maximum absolute atomic E-state index is 13.7. The summed E-state index contributed by atoms with van der Waals surface area (Å²) in [5, 5.41) is 0. The van der Waals surface area contributed by atoms with Crippen LogP contribution in [0, 0.1) is 29.5 Å². The van der Waals surface area contributed by atoms with Crippen LogP contribution in [-0.2, 0) is 10.0 Å². The Morgan fingerprint density at radius 1 is 1.24 bits per heavy atom. The van der Waals surface area contributed by atoms with Gasteiger partial charge in [-0.1, -0.05) is 27.7 Å². The third kappa shape index (κ3) is 2.55. The topological polar surface area (TPSA) is 72.2 Å². The average molecular weight is 314 g/mol. The van der Waals surface area contributed by atoms with Crippen LogP contribution in [0.25, 0.3) is 0 Å². The summed E-state index contributed by atoms with van der Waals surface area (Å²) >= 11 is 0. The van der Waals surface area contributed by atoms with E-state index in [9.17, 15) is 12.8 Å². The maximum Gasteiger partial charge on any atom is 0.240 e. The van der Waals surface area contributed by atoms with E-state index >= 15 is 0 Å². The Morgan fingerprint density at radius 3 is 2.19 bits per heavy atom. The lowest BCUT2D eigenvalue weighted by atomic mass is 10.0. The molecule has 0 amide bonds. The van der Waals surface area contributed by atoms with Crippen LogP contribution in [0.1, 0.15) is 33.3 Å². The van der Waals surface area contributed by atoms with Gasteiger partial charge in [-0.25, -0.2) is 17.5 Å². The molecule has 0 spiro atoms. The van der Waals surface area contributed by atoms with Gasteiger partial charge in [0.15, 0.2) is 0 Å². The van der Waals surface area contributed by atoms with Gasteiger partial charge in [0.25, 0.3) is 0 Å². The molecule has 0 aliphatic heterocycles. The summed E-state index contributed by atoms with van der Waals surface area (Å²) in [5.41, 5.74) is 6.22. The lowest BCUT2D eigenvalue weighted by molar-refractivity contribution is 0.457. The van der Waals surface area contributed by atoms with E-state index in [1.165, 1.54) is 13.0 Å². The number of sulfonamides is 1. The first kappa shape index (κ1) is 16.2. The number of nitrogens with two attached hydrogens (primary N) is 1. The van der Waals surface area contributed by atoms with E-state index in [0.29, 0.717) is 6.54 Å². The molecule has 6 heteroatoms. The molecule has 0 radical (unpaired) electrons. The van der Waals surface area contributed by atoms with Gasteiger partial charge in [-0.2, -0.15) is 0 Å². The first-order valence-electron chi connectivity index (χ1n) is 6.96. The molecule has 0 unspecified atom stereocenters. The molecule has 0 atom stereocenters. The van der Waals surface area contributed by atoms with Gasteiger partial charge in [-0.05, 0) is 35.8 Å². The zero-order valence-electron chi connectivity index (χ0n) is 13.1. The number of hydrogen-bond donors (Lipinski definition) is 2. The number of anilines is 1. The lowest BCUT2D eigenvalue weighted by Crippen LogP contribution is -2.27. The van der Waals surface area contributed by atoms with Crippen LogP contribution in [0.3, 0.4) is 0 Å². The fourth-order valence-electron chi connectivity index (χ4n) is 2.95. The Hall–Kier alpha value is -1.14. The molecule has 1 aromatic rings. The average Bonchev–Trinajstić information content (AvgIpc) is 2.73. The number of nitrogen functional groups attached to an aromatic ring is 1. The first-order chi connectivity index (χ1) is 9.41. The van der Waals surface area contributed by atoms with Crippen molar-refractivity contribution in [3.05, 3.63) is 23.5 Å². The number of rotatable bonds is 4. The summed E-state index contributed by atoms with van der Waals surface area (Å²) in [5.74, 6) is -0.352. The highest BCUT2D eigenvalue weighted by Crippen LogP contribution is 2.67. The molecule has 4 nitrogen and oxygen atoms in total. The minimum Gasteiger partial charge on any atom is -0.398 e. The largest absolute Gasteiger partial charge is 0.398 e. The second-order valence-corrected chi connectivity index (χ2v) is 8.73. The SMILES string of the molecule is Cc1c(N)cc(S(=O)(=O)NCC2C(C)(C)C2(C)C)cc1F. The summed E-state index contributed by atoms with van der Waals surface area (Å²) in [6, 6.07) is 2.31. The zero-order valence-corrected chi connectivity index (χ0v) is 13.9. The molecule has 0 heterocycles. The number of hydrogen-bond acceptors (Lipinski definition) is 3. The fraction of sp³-hybridized carbons (Fsp3) is 0.600. The minimum atomic E-state index is -3.75. The van der Waals surface area contributed by atoms with Crippen molar-refractivity contribution in [3.8, 4) is 0 Å². The lowest BCUT2D eigenvalue weighted by Gasteiger charge is -2.10. The Balaban J connectivity index is 2.17. The first-order valence-corrected chi connectivity index (χ1v) is 8.45. The van der Waals surface area contributed by atoms with Gasteiger partial charge in [0.2, 0.25) is 10.0 Å². The summed E-state index contributed by atoms with van der Waals surface area (Å²) in [4.78, 5) is -0.126. The number of halogens is 1. The number of benzene rings is 1. The molecule has 1 saturated carbocycles. The van der Waals surface area contributed by atoms with E-state index in [2.05, 4.69) is 32.4 Å². The van der Waals surface area contributed by atoms with Crippen LogP contribution in [0.5, 0.6) is 0 Å². The quantitative estimate of drug-likeness (QED) is 0.839. The second-order valence-electron chi connectivity index (χ2n) is 6.97. The van der Waals surface area contributed by atoms with Gasteiger partial charge in [0.05, 0.1) is 4.90 Å². The van der Waals surface area contributed by atoms with Gasteiger partial charge in [0.1, 0.15) is 5.82 Å². The monoisotopic (exact) mass is 314 g/mol. The molecule has 1 aliphatic carbocycles. The number of nitrogens with one attached hydrogen (secondary N) is 1. The van der Waals surface area contributed by atoms with Gasteiger partial charge < -0.3 is 5.73 Å². The zero-order chi connectivity index (χ0) is 16.2. The van der Waals surface area contributed by atoms with E-state index in [4.69, 9.17) is 5.73 Å². The molecular weight excluding hydrogens is 291 g/mol. The maximum atomic E-state index is 13.7. The molecule has 1 fully saturated rings. The molecule has 0 aromatic heterocycles. The van der Waals surface area contributed by atoms with E-state index in [-0.39, 0.29) is 32.9 Å². The third-order valence-corrected chi connectivity index (χ3v) is 6.87. The van der Waals surface area contributed by atoms with Gasteiger partial charge in [-0.3, -0.25) is 0 Å². The van der Waals surface area contributed by atoms with E-state index in [0.717, 1.165) is 6.07 Å². The van der Waals surface area contributed by atoms with Gasteiger partial charge in [0, 0.05) is 17.8 Å². The van der Waals surface area contributed by atoms with Gasteiger partial charge >= 0.3 is 0 Å². The molecule has 0 saturated heterocycles. The standard InChI is InChI=1S/C15H23FN2O2S/c1-9-11(16)6-10(7-12(9)17)21(19,20)18-8-13-14(2,3)15(13,4)5/h6-7,13,18H,8,17H2,1-5H3. The van der Waals surface area contributed by atoms with Crippen LogP contribution >= 0.6 is 0 Å². The van der Waals surface area contributed by atoms with Crippen LogP contribution in [-0.4, -0.2) is 15.0 Å². The normalized spacial score (nSPS) is 20.5.